The Morgan fingerprint density at radius 3 is 2.27 bits per heavy atom. The van der Waals surface area contributed by atoms with Gasteiger partial charge < -0.3 is 4.42 Å². The van der Waals surface area contributed by atoms with Crippen molar-refractivity contribution in [3.05, 3.63) is 35.9 Å². The van der Waals surface area contributed by atoms with E-state index in [9.17, 15) is 26.3 Å². The van der Waals surface area contributed by atoms with Gasteiger partial charge in [-0.05, 0) is 18.2 Å². The fraction of sp³-hybridized carbons (Fsp3) is 0.182. The first-order valence-corrected chi connectivity index (χ1v) is 5.62. The molecule has 3 heterocycles. The molecule has 0 unspecified atom stereocenters. The minimum Gasteiger partial charge on any atom is -0.461 e. The Kier molecular flexibility index (Phi) is 2.90. The normalized spacial score (nSPS) is 13.0. The van der Waals surface area contributed by atoms with Gasteiger partial charge in [0.15, 0.2) is 17.1 Å². The van der Waals surface area contributed by atoms with Crippen molar-refractivity contribution in [2.45, 2.75) is 12.4 Å². The second-order valence-electron chi connectivity index (χ2n) is 4.15. The van der Waals surface area contributed by atoms with Gasteiger partial charge in [0.25, 0.3) is 5.78 Å². The smallest absolute Gasteiger partial charge is 0.433 e. The number of nitrogens with zero attached hydrogens (tertiary/aromatic N) is 4. The second-order valence-corrected chi connectivity index (χ2v) is 4.15. The number of rotatable bonds is 1. The molecule has 0 N–H and O–H groups in total. The monoisotopic (exact) mass is 322 g/mol. The van der Waals surface area contributed by atoms with E-state index in [4.69, 9.17) is 4.42 Å². The summed E-state index contributed by atoms with van der Waals surface area (Å²) in [4.78, 5) is 6.62. The molecule has 3 aromatic rings. The number of alkyl halides is 6. The Morgan fingerprint density at radius 2 is 1.73 bits per heavy atom. The zero-order valence-electron chi connectivity index (χ0n) is 10.3. The standard InChI is InChI=1S/C11H4F6N4O/c12-10(13,14)6-4-7(11(15,16)17)21-9(18-6)19-8(20-21)5-2-1-3-22-5/h1-4H. The van der Waals surface area contributed by atoms with Crippen molar-refractivity contribution in [3.8, 4) is 11.6 Å². The van der Waals surface area contributed by atoms with Crippen LogP contribution in [-0.4, -0.2) is 19.6 Å². The maximum atomic E-state index is 12.9. The lowest BCUT2D eigenvalue weighted by Gasteiger charge is -2.11. The molecule has 22 heavy (non-hydrogen) atoms. The topological polar surface area (TPSA) is 56.2 Å². The van der Waals surface area contributed by atoms with E-state index in [0.717, 1.165) is 0 Å². The highest BCUT2D eigenvalue weighted by Gasteiger charge is 2.40. The highest BCUT2D eigenvalue weighted by atomic mass is 19.4. The summed E-state index contributed by atoms with van der Waals surface area (Å²) in [6.07, 6.45) is -8.88. The number of aromatic nitrogens is 4. The van der Waals surface area contributed by atoms with E-state index in [1.54, 1.807) is 0 Å². The first kappa shape index (κ1) is 14.4. The van der Waals surface area contributed by atoms with Crippen LogP contribution in [0.4, 0.5) is 26.3 Å². The molecule has 3 aromatic heterocycles. The molecule has 0 spiro atoms. The van der Waals surface area contributed by atoms with Crippen molar-refractivity contribution in [3.63, 3.8) is 0 Å². The molecule has 0 amide bonds. The molecule has 0 aliphatic heterocycles. The summed E-state index contributed by atoms with van der Waals surface area (Å²) in [6.45, 7) is 0. The van der Waals surface area contributed by atoms with Crippen molar-refractivity contribution in [1.82, 2.24) is 19.6 Å². The fourth-order valence-corrected chi connectivity index (χ4v) is 1.73. The van der Waals surface area contributed by atoms with E-state index in [2.05, 4.69) is 15.1 Å². The summed E-state index contributed by atoms with van der Waals surface area (Å²) >= 11 is 0. The maximum absolute atomic E-state index is 12.9. The van der Waals surface area contributed by atoms with Gasteiger partial charge in [-0.2, -0.15) is 35.8 Å². The van der Waals surface area contributed by atoms with Gasteiger partial charge in [-0.15, -0.1) is 5.10 Å². The lowest BCUT2D eigenvalue weighted by molar-refractivity contribution is -0.148. The van der Waals surface area contributed by atoms with Crippen LogP contribution in [-0.2, 0) is 12.4 Å². The molecule has 11 heteroatoms. The van der Waals surface area contributed by atoms with Crippen LogP contribution in [0.1, 0.15) is 11.4 Å². The first-order valence-electron chi connectivity index (χ1n) is 5.62. The molecule has 0 aromatic carbocycles. The van der Waals surface area contributed by atoms with Crippen LogP contribution in [0.2, 0.25) is 0 Å². The van der Waals surface area contributed by atoms with E-state index in [1.807, 2.05) is 0 Å². The molecule has 0 radical (unpaired) electrons. The molecular weight excluding hydrogens is 318 g/mol. The summed E-state index contributed by atoms with van der Waals surface area (Å²) in [6, 6.07) is 2.67. The van der Waals surface area contributed by atoms with Gasteiger partial charge in [-0.3, -0.25) is 0 Å². The maximum Gasteiger partial charge on any atom is 0.433 e. The fourth-order valence-electron chi connectivity index (χ4n) is 1.73. The summed E-state index contributed by atoms with van der Waals surface area (Å²) in [5.41, 5.74) is -3.33. The second kappa shape index (κ2) is 4.45. The molecule has 0 fully saturated rings. The van der Waals surface area contributed by atoms with Crippen LogP contribution in [0.25, 0.3) is 17.4 Å². The minimum atomic E-state index is -5.06. The Hall–Kier alpha value is -2.59. The number of halogens is 6. The first-order chi connectivity index (χ1) is 10.2. The van der Waals surface area contributed by atoms with Gasteiger partial charge in [0.1, 0.15) is 0 Å². The van der Waals surface area contributed by atoms with Crippen LogP contribution in [0.5, 0.6) is 0 Å². The van der Waals surface area contributed by atoms with E-state index in [0.29, 0.717) is 0 Å². The van der Waals surface area contributed by atoms with Gasteiger partial charge in [0.05, 0.1) is 6.26 Å². The van der Waals surface area contributed by atoms with E-state index in [1.165, 1.54) is 18.4 Å². The Bertz CT molecular complexity index is 818. The van der Waals surface area contributed by atoms with Crippen molar-refractivity contribution in [2.24, 2.45) is 0 Å². The molecule has 0 aliphatic rings. The van der Waals surface area contributed by atoms with Crippen molar-refractivity contribution >= 4 is 5.78 Å². The largest absolute Gasteiger partial charge is 0.461 e. The Morgan fingerprint density at radius 1 is 1.00 bits per heavy atom. The average molecular weight is 322 g/mol. The van der Waals surface area contributed by atoms with Crippen LogP contribution in [0.3, 0.4) is 0 Å². The molecule has 5 nitrogen and oxygen atoms in total. The van der Waals surface area contributed by atoms with Gasteiger partial charge in [0, 0.05) is 0 Å². The lowest BCUT2D eigenvalue weighted by atomic mass is 10.3. The molecule has 0 bridgehead atoms. The highest BCUT2D eigenvalue weighted by Crippen LogP contribution is 2.34. The third-order valence-electron chi connectivity index (χ3n) is 2.63. The third kappa shape index (κ3) is 2.38. The lowest BCUT2D eigenvalue weighted by Crippen LogP contribution is -2.18. The summed E-state index contributed by atoms with van der Waals surface area (Å²) in [5.74, 6) is -1.12. The molecule has 0 saturated carbocycles. The number of furan rings is 1. The van der Waals surface area contributed by atoms with Crippen LogP contribution >= 0.6 is 0 Å². The van der Waals surface area contributed by atoms with Crippen LogP contribution < -0.4 is 0 Å². The molecule has 0 atom stereocenters. The Labute approximate surface area is 117 Å². The SMILES string of the molecule is FC(F)(F)c1cc(C(F)(F)F)n2nc(-c3ccco3)nc2n1. The predicted octanol–water partition coefficient (Wildman–Crippen LogP) is 3.42. The van der Waals surface area contributed by atoms with Gasteiger partial charge >= 0.3 is 12.4 Å². The molecule has 116 valence electrons. The van der Waals surface area contributed by atoms with Crippen molar-refractivity contribution in [2.75, 3.05) is 0 Å². The molecular formula is C11H4F6N4O. The Balaban J connectivity index is 2.29. The van der Waals surface area contributed by atoms with Crippen molar-refractivity contribution < 1.29 is 30.8 Å². The highest BCUT2D eigenvalue weighted by molar-refractivity contribution is 5.50. The average Bonchev–Trinajstić information content (AvgIpc) is 3.03. The molecule has 0 aliphatic carbocycles. The van der Waals surface area contributed by atoms with Gasteiger partial charge in [0.2, 0.25) is 5.82 Å². The third-order valence-corrected chi connectivity index (χ3v) is 2.63. The summed E-state index contributed by atoms with van der Waals surface area (Å²) < 4.78 is 81.9. The van der Waals surface area contributed by atoms with E-state index >= 15 is 0 Å². The van der Waals surface area contributed by atoms with E-state index < -0.39 is 29.5 Å². The van der Waals surface area contributed by atoms with Gasteiger partial charge in [-0.1, -0.05) is 0 Å². The van der Waals surface area contributed by atoms with Crippen LogP contribution in [0, 0.1) is 0 Å². The van der Waals surface area contributed by atoms with E-state index in [-0.39, 0.29) is 22.2 Å². The summed E-state index contributed by atoms with van der Waals surface area (Å²) in [5, 5.41) is 3.51. The molecule has 0 saturated heterocycles. The quantitative estimate of drug-likeness (QED) is 0.644. The zero-order valence-corrected chi connectivity index (χ0v) is 10.3. The van der Waals surface area contributed by atoms with Crippen LogP contribution in [0.15, 0.2) is 28.9 Å². The van der Waals surface area contributed by atoms with Gasteiger partial charge in [-0.25, -0.2) is 4.98 Å². The number of hydrogen-bond donors (Lipinski definition) is 0. The minimum absolute atomic E-state index is 0.00665. The number of hydrogen-bond acceptors (Lipinski definition) is 4. The molecule has 3 rings (SSSR count). The number of fused-ring (bicyclic) bond motifs is 1. The van der Waals surface area contributed by atoms with Crippen molar-refractivity contribution in [1.29, 1.82) is 0 Å². The summed E-state index contributed by atoms with van der Waals surface area (Å²) in [7, 11) is 0. The zero-order chi connectivity index (χ0) is 16.1. The predicted molar refractivity (Wildman–Crippen MR) is 58.5 cm³/mol.